The third-order valence-electron chi connectivity index (χ3n) is 10.6. The highest BCUT2D eigenvalue weighted by atomic mass is 16.5. The van der Waals surface area contributed by atoms with Gasteiger partial charge in [-0.2, -0.15) is 0 Å². The SMILES string of the molecule is CCOC(=O)C[C@@H](c1ccc(C)c(CO)c1)c1ccc2c(nnn2CC)c1C.CCOC(=O)C[C@H](c1ccc(C)c(CO)c1)c1ccc2c(nnn2CC)c1C. The van der Waals surface area contributed by atoms with E-state index in [1.165, 1.54) is 0 Å². The van der Waals surface area contributed by atoms with Gasteiger partial charge < -0.3 is 19.7 Å². The number of benzene rings is 4. The molecular formula is C44H54N6O6. The Morgan fingerprint density at radius 3 is 1.34 bits per heavy atom. The first kappa shape index (κ1) is 41.7. The Hall–Kier alpha value is -5.46. The molecule has 4 aromatic carbocycles. The lowest BCUT2D eigenvalue weighted by Gasteiger charge is -2.21. The third kappa shape index (κ3) is 8.98. The predicted molar refractivity (Wildman–Crippen MR) is 216 cm³/mol. The Balaban J connectivity index is 0.000000214. The lowest BCUT2D eigenvalue weighted by molar-refractivity contribution is -0.144. The second-order valence-electron chi connectivity index (χ2n) is 13.9. The monoisotopic (exact) mass is 762 g/mol. The molecule has 0 bridgehead atoms. The van der Waals surface area contributed by atoms with Crippen molar-refractivity contribution in [1.82, 2.24) is 30.0 Å². The summed E-state index contributed by atoms with van der Waals surface area (Å²) < 4.78 is 14.2. The molecule has 6 rings (SSSR count). The van der Waals surface area contributed by atoms with Gasteiger partial charge in [-0.1, -0.05) is 59.0 Å². The van der Waals surface area contributed by atoms with Crippen LogP contribution in [0.5, 0.6) is 0 Å². The maximum absolute atomic E-state index is 12.3. The molecule has 12 heteroatoms. The summed E-state index contributed by atoms with van der Waals surface area (Å²) in [5, 5.41) is 36.5. The Bertz CT molecular complexity index is 2150. The van der Waals surface area contributed by atoms with Gasteiger partial charge in [0.25, 0.3) is 0 Å². The van der Waals surface area contributed by atoms with Crippen LogP contribution in [0.2, 0.25) is 0 Å². The third-order valence-corrected chi connectivity index (χ3v) is 10.6. The van der Waals surface area contributed by atoms with Gasteiger partial charge >= 0.3 is 11.9 Å². The van der Waals surface area contributed by atoms with Crippen LogP contribution >= 0.6 is 0 Å². The van der Waals surface area contributed by atoms with Crippen LogP contribution in [0.15, 0.2) is 60.7 Å². The highest BCUT2D eigenvalue weighted by Gasteiger charge is 2.25. The smallest absolute Gasteiger partial charge is 0.306 e. The Morgan fingerprint density at radius 1 is 0.607 bits per heavy atom. The van der Waals surface area contributed by atoms with E-state index in [0.29, 0.717) is 13.2 Å². The molecule has 0 spiro atoms. The summed E-state index contributed by atoms with van der Waals surface area (Å²) in [6.07, 6.45) is 0.464. The molecule has 0 aliphatic heterocycles. The summed E-state index contributed by atoms with van der Waals surface area (Å²) in [5.41, 5.74) is 13.5. The minimum atomic E-state index is -0.240. The number of nitrogens with zero attached hydrogens (tertiary/aromatic N) is 6. The van der Waals surface area contributed by atoms with Crippen molar-refractivity contribution in [3.63, 3.8) is 0 Å². The van der Waals surface area contributed by atoms with Crippen LogP contribution < -0.4 is 0 Å². The fourth-order valence-corrected chi connectivity index (χ4v) is 7.33. The zero-order valence-electron chi connectivity index (χ0n) is 33.8. The molecule has 0 amide bonds. The highest BCUT2D eigenvalue weighted by Crippen LogP contribution is 2.36. The van der Waals surface area contributed by atoms with Gasteiger partial charge in [0.1, 0.15) is 11.0 Å². The van der Waals surface area contributed by atoms with E-state index in [-0.39, 0.29) is 49.8 Å². The fourth-order valence-electron chi connectivity index (χ4n) is 7.33. The van der Waals surface area contributed by atoms with Crippen LogP contribution in [-0.2, 0) is 45.4 Å². The molecule has 0 radical (unpaired) electrons. The minimum Gasteiger partial charge on any atom is -0.466 e. The van der Waals surface area contributed by atoms with Gasteiger partial charge in [0.15, 0.2) is 0 Å². The van der Waals surface area contributed by atoms with Gasteiger partial charge in [0.05, 0.1) is 50.3 Å². The van der Waals surface area contributed by atoms with E-state index in [1.54, 1.807) is 0 Å². The molecule has 0 fully saturated rings. The number of carbonyl (C=O) groups is 2. The van der Waals surface area contributed by atoms with Crippen molar-refractivity contribution in [2.75, 3.05) is 13.2 Å². The standard InChI is InChI=1S/2C22H27N3O3/c2*1-5-25-20-10-9-18(15(4)22(20)23-24-25)19(12-21(27)28-6-2)16-8-7-14(3)17(11-16)13-26/h2*7-11,19,26H,5-6,12-13H2,1-4H3/t2*19-/m10/s1. The van der Waals surface area contributed by atoms with Crippen LogP contribution in [0.4, 0.5) is 0 Å². The highest BCUT2D eigenvalue weighted by molar-refractivity contribution is 5.82. The van der Waals surface area contributed by atoms with Crippen molar-refractivity contribution in [2.24, 2.45) is 0 Å². The summed E-state index contributed by atoms with van der Waals surface area (Å²) in [6.45, 7) is 17.8. The van der Waals surface area contributed by atoms with E-state index in [9.17, 15) is 19.8 Å². The summed E-state index contributed by atoms with van der Waals surface area (Å²) in [4.78, 5) is 24.7. The van der Waals surface area contributed by atoms with E-state index in [0.717, 1.165) is 90.8 Å². The maximum Gasteiger partial charge on any atom is 0.306 e. The number of aromatic nitrogens is 6. The Kier molecular flexibility index (Phi) is 14.1. The zero-order chi connectivity index (χ0) is 40.5. The number of aliphatic hydroxyl groups is 2. The van der Waals surface area contributed by atoms with Crippen molar-refractivity contribution < 1.29 is 29.3 Å². The topological polar surface area (TPSA) is 154 Å². The number of carbonyl (C=O) groups excluding carboxylic acids is 2. The Morgan fingerprint density at radius 2 is 1.00 bits per heavy atom. The van der Waals surface area contributed by atoms with Crippen molar-refractivity contribution in [3.8, 4) is 0 Å². The second-order valence-corrected chi connectivity index (χ2v) is 13.9. The number of esters is 2. The molecule has 2 N–H and O–H groups in total. The van der Waals surface area contributed by atoms with Crippen molar-refractivity contribution in [2.45, 2.75) is 106 Å². The van der Waals surface area contributed by atoms with Crippen molar-refractivity contribution in [1.29, 1.82) is 0 Å². The van der Waals surface area contributed by atoms with E-state index in [4.69, 9.17) is 9.47 Å². The van der Waals surface area contributed by atoms with Crippen LogP contribution in [-0.4, -0.2) is 65.4 Å². The van der Waals surface area contributed by atoms with E-state index in [1.807, 2.05) is 113 Å². The number of aryl methyl sites for hydroxylation is 6. The molecule has 12 nitrogen and oxygen atoms in total. The summed E-state index contributed by atoms with van der Waals surface area (Å²) >= 11 is 0. The van der Waals surface area contributed by atoms with Crippen LogP contribution in [0, 0.1) is 27.7 Å². The van der Waals surface area contributed by atoms with Gasteiger partial charge in [-0.15, -0.1) is 10.2 Å². The fraction of sp³-hybridized carbons (Fsp3) is 0.409. The Labute approximate surface area is 328 Å². The number of ether oxygens (including phenoxy) is 2. The van der Waals surface area contributed by atoms with Crippen molar-refractivity contribution in [3.05, 3.63) is 116 Å². The number of hydrogen-bond donors (Lipinski definition) is 2. The van der Waals surface area contributed by atoms with Crippen LogP contribution in [0.3, 0.4) is 0 Å². The zero-order valence-corrected chi connectivity index (χ0v) is 33.8. The second kappa shape index (κ2) is 18.9. The molecule has 0 saturated carbocycles. The van der Waals surface area contributed by atoms with Gasteiger partial charge in [-0.25, -0.2) is 9.36 Å². The lowest BCUT2D eigenvalue weighted by Crippen LogP contribution is -2.13. The first-order chi connectivity index (χ1) is 27.0. The quantitative estimate of drug-likeness (QED) is 0.108. The summed E-state index contributed by atoms with van der Waals surface area (Å²) in [5.74, 6) is -0.840. The van der Waals surface area contributed by atoms with E-state index < -0.39 is 0 Å². The summed E-state index contributed by atoms with van der Waals surface area (Å²) in [6, 6.07) is 20.1. The molecule has 2 heterocycles. The summed E-state index contributed by atoms with van der Waals surface area (Å²) in [7, 11) is 0. The molecule has 2 aromatic heterocycles. The van der Waals surface area contributed by atoms with Gasteiger partial charge in [0, 0.05) is 24.9 Å². The average Bonchev–Trinajstić information content (AvgIpc) is 3.83. The first-order valence-electron chi connectivity index (χ1n) is 19.4. The maximum atomic E-state index is 12.3. The normalized spacial score (nSPS) is 12.3. The molecule has 2 atom stereocenters. The molecule has 296 valence electrons. The largest absolute Gasteiger partial charge is 0.466 e. The molecule has 56 heavy (non-hydrogen) atoms. The first-order valence-corrected chi connectivity index (χ1v) is 19.4. The molecule has 0 saturated heterocycles. The van der Waals surface area contributed by atoms with Gasteiger partial charge in [-0.05, 0) is 123 Å². The minimum absolute atomic E-state index is 0.0331. The average molecular weight is 763 g/mol. The molecule has 0 aliphatic carbocycles. The number of fused-ring (bicyclic) bond motifs is 2. The molecule has 0 aliphatic rings. The van der Waals surface area contributed by atoms with Crippen molar-refractivity contribution >= 4 is 34.0 Å². The van der Waals surface area contributed by atoms with E-state index in [2.05, 4.69) is 32.8 Å². The lowest BCUT2D eigenvalue weighted by atomic mass is 9.84. The van der Waals surface area contributed by atoms with E-state index >= 15 is 0 Å². The predicted octanol–water partition coefficient (Wildman–Crippen LogP) is 7.29. The van der Waals surface area contributed by atoms with Gasteiger partial charge in [-0.3, -0.25) is 9.59 Å². The number of rotatable bonds is 14. The van der Waals surface area contributed by atoms with Crippen LogP contribution in [0.25, 0.3) is 22.1 Å². The molecule has 0 unspecified atom stereocenters. The number of aliphatic hydroxyl groups excluding tert-OH is 2. The molecule has 6 aromatic rings. The number of hydrogen-bond acceptors (Lipinski definition) is 10. The van der Waals surface area contributed by atoms with Crippen LogP contribution in [0.1, 0.15) is 108 Å². The van der Waals surface area contributed by atoms with Gasteiger partial charge in [0.2, 0.25) is 0 Å². The molecular weight excluding hydrogens is 709 g/mol.